The maximum absolute atomic E-state index is 12.4. The molecule has 42 heavy (non-hydrogen) atoms. The molecule has 4 nitrogen and oxygen atoms in total. The first kappa shape index (κ1) is 45.7. The van der Waals surface area contributed by atoms with Crippen molar-refractivity contribution in [3.05, 3.63) is 52.6 Å². The van der Waals surface area contributed by atoms with E-state index in [1.165, 1.54) is 28.0 Å². The van der Waals surface area contributed by atoms with Crippen LogP contribution >= 0.6 is 61.1 Å². The molecule has 242 valence electrons. The lowest BCUT2D eigenvalue weighted by molar-refractivity contribution is -0.114. The predicted molar refractivity (Wildman–Crippen MR) is 205 cm³/mol. The Kier molecular flexibility index (Phi) is 18.1. The Morgan fingerprint density at radius 1 is 0.952 bits per heavy atom. The zero-order chi connectivity index (χ0) is 25.2. The second-order valence-corrected chi connectivity index (χ2v) is 14.9. The molecule has 4 aliphatic rings. The summed E-state index contributed by atoms with van der Waals surface area (Å²) in [5, 5.41) is 12.0. The van der Waals surface area contributed by atoms with Crippen molar-refractivity contribution in [1.29, 1.82) is 0 Å². The van der Waals surface area contributed by atoms with Gasteiger partial charge in [0.05, 0.1) is 0 Å². The standard InChI is InChI=1S/C30H38NO3P.3CH4.4H2S/c1-29-19-26(20-6-9-22(10-7-20)31(2)3)28-24-13-11-23(32)18-21(24)8-12-25(28)27(29)14-15-30(29,33)16-17-35(4,5)34;;;;;;;/h6-7,9-10,18,25-27,33H,8,11-15,19H2,1-5H3;3*1H4;4*1H2/t25-,26+,27-,29-,30+;;;;;;;/m0......./s1. The summed E-state index contributed by atoms with van der Waals surface area (Å²) in [6, 6.07) is 8.84. The maximum atomic E-state index is 12.4. The van der Waals surface area contributed by atoms with Crippen LogP contribution in [0.5, 0.6) is 0 Å². The smallest absolute Gasteiger partial charge is 0.156 e. The normalized spacial score (nSPS) is 28.6. The number of aliphatic hydroxyl groups is 1. The van der Waals surface area contributed by atoms with Crippen LogP contribution in [0.3, 0.4) is 0 Å². The van der Waals surface area contributed by atoms with Gasteiger partial charge in [-0.1, -0.05) is 52.8 Å². The molecule has 0 heterocycles. The molecule has 0 unspecified atom stereocenters. The van der Waals surface area contributed by atoms with Crippen LogP contribution in [0.25, 0.3) is 0 Å². The van der Waals surface area contributed by atoms with Crippen molar-refractivity contribution < 1.29 is 14.5 Å². The number of fused-ring (bicyclic) bond motifs is 4. The summed E-state index contributed by atoms with van der Waals surface area (Å²) in [4.78, 5) is 14.3. The molecular formula is C33H58NO3PS4. The fraction of sp³-hybridized carbons (Fsp3) is 0.606. The van der Waals surface area contributed by atoms with Crippen LogP contribution in [-0.4, -0.2) is 43.9 Å². The average molecular weight is 676 g/mol. The van der Waals surface area contributed by atoms with Crippen LogP contribution in [0.4, 0.5) is 5.69 Å². The zero-order valence-corrected chi connectivity index (χ0v) is 28.6. The maximum Gasteiger partial charge on any atom is 0.156 e. The minimum atomic E-state index is -2.55. The van der Waals surface area contributed by atoms with E-state index in [0.29, 0.717) is 24.7 Å². The molecule has 0 aliphatic heterocycles. The van der Waals surface area contributed by atoms with Crippen molar-refractivity contribution in [2.75, 3.05) is 32.3 Å². The van der Waals surface area contributed by atoms with E-state index < -0.39 is 12.7 Å². The molecule has 0 amide bonds. The molecule has 0 radical (unpaired) electrons. The number of carbonyl (C=O) groups is 1. The van der Waals surface area contributed by atoms with Crippen molar-refractivity contribution in [3.8, 4) is 11.6 Å². The van der Waals surface area contributed by atoms with Crippen LogP contribution in [0.15, 0.2) is 47.1 Å². The SMILES string of the molecule is C.C.C.CN(C)c1ccc([C@H]2C[C@@]3(C)[C@@H](CC[C@@]3(O)C#CP(C)(C)=O)[C@@H]3CCC4=CC(=O)CCC4=C32)cc1.S.S.S.S. The fourth-order valence-corrected chi connectivity index (χ4v) is 7.86. The summed E-state index contributed by atoms with van der Waals surface area (Å²) < 4.78 is 12.4. The Morgan fingerprint density at radius 3 is 2.10 bits per heavy atom. The summed E-state index contributed by atoms with van der Waals surface area (Å²) in [7, 11) is 1.55. The van der Waals surface area contributed by atoms with Gasteiger partial charge in [-0.3, -0.25) is 4.79 Å². The molecule has 1 aromatic rings. The summed E-state index contributed by atoms with van der Waals surface area (Å²) >= 11 is 0. The average Bonchev–Trinajstić information content (AvgIpc) is 3.07. The summed E-state index contributed by atoms with van der Waals surface area (Å²) in [6.45, 7) is 5.58. The minimum absolute atomic E-state index is 0. The highest BCUT2D eigenvalue weighted by Gasteiger charge is 2.62. The molecule has 2 fully saturated rings. The van der Waals surface area contributed by atoms with Crippen LogP contribution in [0, 0.1) is 28.8 Å². The minimum Gasteiger partial charge on any atom is -0.378 e. The highest BCUT2D eigenvalue weighted by molar-refractivity contribution is 7.67. The van der Waals surface area contributed by atoms with E-state index in [0.717, 1.165) is 32.1 Å². The highest BCUT2D eigenvalue weighted by atomic mass is 32.1. The van der Waals surface area contributed by atoms with E-state index in [9.17, 15) is 14.5 Å². The molecular weight excluding hydrogens is 618 g/mol. The molecule has 1 N–H and O–H groups in total. The quantitative estimate of drug-likeness (QED) is 0.253. The van der Waals surface area contributed by atoms with Gasteiger partial charge in [-0.05, 0) is 104 Å². The third-order valence-corrected chi connectivity index (χ3v) is 9.88. The first-order valence-corrected chi connectivity index (χ1v) is 15.6. The van der Waals surface area contributed by atoms with Crippen molar-refractivity contribution in [3.63, 3.8) is 0 Å². The van der Waals surface area contributed by atoms with Gasteiger partial charge < -0.3 is 14.6 Å². The Morgan fingerprint density at radius 2 is 1.55 bits per heavy atom. The number of ketones is 1. The molecule has 1 aromatic carbocycles. The van der Waals surface area contributed by atoms with Crippen LogP contribution in [-0.2, 0) is 9.36 Å². The molecule has 0 spiro atoms. The topological polar surface area (TPSA) is 57.6 Å². The van der Waals surface area contributed by atoms with Gasteiger partial charge in [-0.25, -0.2) is 0 Å². The van der Waals surface area contributed by atoms with Crippen molar-refractivity contribution in [2.24, 2.45) is 17.3 Å². The van der Waals surface area contributed by atoms with Crippen LogP contribution in [0.1, 0.15) is 85.6 Å². The first-order valence-electron chi connectivity index (χ1n) is 13.0. The molecule has 5 atom stereocenters. The number of carbonyl (C=O) groups excluding carboxylic acids is 1. The van der Waals surface area contributed by atoms with E-state index in [-0.39, 0.29) is 93.4 Å². The summed E-state index contributed by atoms with van der Waals surface area (Å²) in [5.74, 6) is 4.32. The van der Waals surface area contributed by atoms with E-state index in [4.69, 9.17) is 0 Å². The van der Waals surface area contributed by atoms with Gasteiger partial charge in [0.2, 0.25) is 0 Å². The first-order chi connectivity index (χ1) is 16.4. The lowest BCUT2D eigenvalue weighted by Crippen LogP contribution is -2.51. The summed E-state index contributed by atoms with van der Waals surface area (Å²) in [5.41, 5.74) is 8.07. The Labute approximate surface area is 285 Å². The van der Waals surface area contributed by atoms with Crippen LogP contribution < -0.4 is 4.90 Å². The van der Waals surface area contributed by atoms with E-state index >= 15 is 0 Å². The van der Waals surface area contributed by atoms with Gasteiger partial charge >= 0.3 is 0 Å². The lowest BCUT2D eigenvalue weighted by atomic mass is 9.51. The number of allylic oxidation sites excluding steroid dienone is 4. The van der Waals surface area contributed by atoms with E-state index in [1.54, 1.807) is 13.3 Å². The van der Waals surface area contributed by atoms with E-state index in [1.807, 2.05) is 6.08 Å². The third-order valence-electron chi connectivity index (χ3n) is 9.23. The molecule has 0 saturated heterocycles. The predicted octanol–water partition coefficient (Wildman–Crippen LogP) is 8.33. The molecule has 2 saturated carbocycles. The van der Waals surface area contributed by atoms with Crippen molar-refractivity contribution >= 4 is 72.6 Å². The second-order valence-electron chi connectivity index (χ2n) is 12.0. The molecule has 4 aliphatic carbocycles. The van der Waals surface area contributed by atoms with Crippen molar-refractivity contribution in [2.45, 2.75) is 85.7 Å². The lowest BCUT2D eigenvalue weighted by Gasteiger charge is -2.53. The molecule has 5 rings (SSSR count). The Hall–Kier alpha value is -0.680. The van der Waals surface area contributed by atoms with Gasteiger partial charge in [0, 0.05) is 37.5 Å². The molecule has 0 aromatic heterocycles. The van der Waals surface area contributed by atoms with Gasteiger partial charge in [-0.15, -0.1) is 0 Å². The van der Waals surface area contributed by atoms with Gasteiger partial charge in [0.1, 0.15) is 12.7 Å². The third kappa shape index (κ3) is 8.12. The Bertz CT molecular complexity index is 1240. The van der Waals surface area contributed by atoms with Gasteiger partial charge in [0.25, 0.3) is 0 Å². The van der Waals surface area contributed by atoms with E-state index in [2.05, 4.69) is 61.8 Å². The number of hydrogen-bond donors (Lipinski definition) is 1. The largest absolute Gasteiger partial charge is 0.378 e. The number of hydrogen-bond acceptors (Lipinski definition) is 4. The number of nitrogens with zero attached hydrogens (tertiary/aromatic N) is 1. The molecule has 0 bridgehead atoms. The number of benzene rings is 1. The van der Waals surface area contributed by atoms with Crippen LogP contribution in [0.2, 0.25) is 0 Å². The number of rotatable bonds is 2. The highest BCUT2D eigenvalue weighted by Crippen LogP contribution is 2.66. The van der Waals surface area contributed by atoms with Gasteiger partial charge in [0.15, 0.2) is 5.78 Å². The number of anilines is 1. The molecule has 9 heteroatoms. The van der Waals surface area contributed by atoms with Gasteiger partial charge in [-0.2, -0.15) is 54.0 Å². The summed E-state index contributed by atoms with van der Waals surface area (Å²) in [6.07, 6.45) is 7.69. The monoisotopic (exact) mass is 675 g/mol. The second kappa shape index (κ2) is 16.6. The fourth-order valence-electron chi connectivity index (χ4n) is 7.40. The van der Waals surface area contributed by atoms with Crippen molar-refractivity contribution in [1.82, 2.24) is 0 Å². The Balaban J connectivity index is -0.00000217. The zero-order valence-electron chi connectivity index (χ0n) is 23.7.